The molecule has 1 aliphatic heterocycles. The molecule has 0 saturated carbocycles. The molecule has 2 N–H and O–H groups in total. The molecule has 3 aromatic rings. The lowest BCUT2D eigenvalue weighted by Gasteiger charge is -2.19. The van der Waals surface area contributed by atoms with Gasteiger partial charge in [0.15, 0.2) is 0 Å². The topological polar surface area (TPSA) is 63.2 Å². The van der Waals surface area contributed by atoms with Crippen molar-refractivity contribution in [3.05, 3.63) is 84.7 Å². The Bertz CT molecular complexity index is 900. The Hall–Kier alpha value is -3.18. The van der Waals surface area contributed by atoms with Gasteiger partial charge in [0, 0.05) is 43.2 Å². The molecule has 1 saturated heterocycles. The van der Waals surface area contributed by atoms with E-state index in [1.165, 1.54) is 5.56 Å². The van der Waals surface area contributed by atoms with Gasteiger partial charge in [-0.1, -0.05) is 36.4 Å². The molecule has 27 heavy (non-hydrogen) atoms. The highest BCUT2D eigenvalue weighted by Crippen LogP contribution is 2.30. The molecule has 2 aromatic carbocycles. The van der Waals surface area contributed by atoms with Crippen molar-refractivity contribution in [2.24, 2.45) is 5.92 Å². The second-order valence-corrected chi connectivity index (χ2v) is 6.58. The number of amides is 1. The van der Waals surface area contributed by atoms with E-state index < -0.39 is 0 Å². The fraction of sp³-hybridized carbons (Fsp3) is 0.182. The second kappa shape index (κ2) is 8.01. The van der Waals surface area contributed by atoms with Crippen molar-refractivity contribution in [3.8, 4) is 11.5 Å². The van der Waals surface area contributed by atoms with E-state index in [-0.39, 0.29) is 17.7 Å². The number of benzene rings is 2. The van der Waals surface area contributed by atoms with E-state index in [1.54, 1.807) is 24.5 Å². The first-order valence-corrected chi connectivity index (χ1v) is 9.04. The number of aromatic nitrogens is 1. The van der Waals surface area contributed by atoms with E-state index in [2.05, 4.69) is 27.8 Å². The van der Waals surface area contributed by atoms with Crippen LogP contribution in [0.25, 0.3) is 0 Å². The number of anilines is 1. The number of nitrogens with zero attached hydrogens (tertiary/aromatic N) is 1. The molecular weight excluding hydrogens is 338 g/mol. The highest BCUT2D eigenvalue weighted by Gasteiger charge is 2.33. The van der Waals surface area contributed by atoms with Gasteiger partial charge in [-0.05, 0) is 29.8 Å². The average molecular weight is 359 g/mol. The molecule has 136 valence electrons. The van der Waals surface area contributed by atoms with Crippen LogP contribution in [0.2, 0.25) is 0 Å². The summed E-state index contributed by atoms with van der Waals surface area (Å²) < 4.78 is 5.81. The van der Waals surface area contributed by atoms with Crippen molar-refractivity contribution in [1.29, 1.82) is 0 Å². The third kappa shape index (κ3) is 4.15. The van der Waals surface area contributed by atoms with Crippen LogP contribution in [0.4, 0.5) is 5.69 Å². The molecule has 0 spiro atoms. The number of carbonyl (C=O) groups is 1. The summed E-state index contributed by atoms with van der Waals surface area (Å²) in [5.74, 6) is 1.48. The highest BCUT2D eigenvalue weighted by atomic mass is 16.5. The minimum absolute atomic E-state index is 0.0231. The largest absolute Gasteiger partial charge is 0.457 e. The lowest BCUT2D eigenvalue weighted by atomic mass is 9.88. The first-order chi connectivity index (χ1) is 13.3. The summed E-state index contributed by atoms with van der Waals surface area (Å²) in [5, 5.41) is 6.38. The zero-order valence-corrected chi connectivity index (χ0v) is 14.8. The maximum Gasteiger partial charge on any atom is 0.229 e. The molecule has 5 heteroatoms. The summed E-state index contributed by atoms with van der Waals surface area (Å²) in [6.45, 7) is 1.49. The Morgan fingerprint density at radius 3 is 2.59 bits per heavy atom. The summed E-state index contributed by atoms with van der Waals surface area (Å²) in [6.07, 6.45) is 3.36. The van der Waals surface area contributed by atoms with Gasteiger partial charge in [0.2, 0.25) is 5.91 Å². The third-order valence-corrected chi connectivity index (χ3v) is 4.77. The predicted octanol–water partition coefficient (Wildman–Crippen LogP) is 3.82. The van der Waals surface area contributed by atoms with Crippen LogP contribution in [0, 0.1) is 5.92 Å². The minimum Gasteiger partial charge on any atom is -0.457 e. The number of pyridine rings is 1. The van der Waals surface area contributed by atoms with E-state index in [1.807, 2.05) is 42.5 Å². The van der Waals surface area contributed by atoms with Gasteiger partial charge in [0.25, 0.3) is 0 Å². The number of rotatable bonds is 5. The van der Waals surface area contributed by atoms with Gasteiger partial charge < -0.3 is 15.4 Å². The Morgan fingerprint density at radius 1 is 0.963 bits per heavy atom. The molecule has 5 nitrogen and oxygen atoms in total. The van der Waals surface area contributed by atoms with Crippen LogP contribution in [0.5, 0.6) is 11.5 Å². The minimum atomic E-state index is -0.0998. The van der Waals surface area contributed by atoms with Crippen molar-refractivity contribution in [2.45, 2.75) is 5.92 Å². The van der Waals surface area contributed by atoms with Gasteiger partial charge >= 0.3 is 0 Å². The summed E-state index contributed by atoms with van der Waals surface area (Å²) in [7, 11) is 0. The summed E-state index contributed by atoms with van der Waals surface area (Å²) in [6, 6.07) is 21.2. The lowest BCUT2D eigenvalue weighted by molar-refractivity contribution is -0.119. The van der Waals surface area contributed by atoms with Gasteiger partial charge in [-0.3, -0.25) is 9.78 Å². The number of hydrogen-bond donors (Lipinski definition) is 2. The molecule has 1 amide bonds. The molecule has 0 bridgehead atoms. The molecule has 1 aromatic heterocycles. The lowest BCUT2D eigenvalue weighted by Crippen LogP contribution is -2.28. The zero-order valence-electron chi connectivity index (χ0n) is 14.8. The average Bonchev–Trinajstić information content (AvgIpc) is 3.20. The standard InChI is InChI=1S/C22H21N3O2/c26-22(21-15-24-14-20(21)16-5-2-1-3-6-16)25-17-7-4-8-19(13-17)27-18-9-11-23-12-10-18/h1-13,20-21,24H,14-15H2,(H,25,26). The first kappa shape index (κ1) is 17.2. The molecule has 0 aliphatic carbocycles. The van der Waals surface area contributed by atoms with Crippen molar-refractivity contribution in [3.63, 3.8) is 0 Å². The van der Waals surface area contributed by atoms with E-state index in [0.717, 1.165) is 12.2 Å². The van der Waals surface area contributed by atoms with Crippen LogP contribution in [0.15, 0.2) is 79.1 Å². The van der Waals surface area contributed by atoms with E-state index >= 15 is 0 Å². The number of nitrogens with one attached hydrogen (secondary N) is 2. The van der Waals surface area contributed by atoms with Crippen molar-refractivity contribution in [2.75, 3.05) is 18.4 Å². The quantitative estimate of drug-likeness (QED) is 0.727. The molecular formula is C22H21N3O2. The van der Waals surface area contributed by atoms with Crippen LogP contribution in [0.3, 0.4) is 0 Å². The van der Waals surface area contributed by atoms with Gasteiger partial charge in [-0.25, -0.2) is 0 Å². The van der Waals surface area contributed by atoms with E-state index in [4.69, 9.17) is 4.74 Å². The monoisotopic (exact) mass is 359 g/mol. The number of hydrogen-bond acceptors (Lipinski definition) is 4. The zero-order chi connectivity index (χ0) is 18.5. The molecule has 2 atom stereocenters. The van der Waals surface area contributed by atoms with Gasteiger partial charge in [-0.2, -0.15) is 0 Å². The van der Waals surface area contributed by atoms with E-state index in [0.29, 0.717) is 18.0 Å². The molecule has 2 heterocycles. The second-order valence-electron chi connectivity index (χ2n) is 6.58. The smallest absolute Gasteiger partial charge is 0.229 e. The van der Waals surface area contributed by atoms with Gasteiger partial charge in [0.1, 0.15) is 11.5 Å². The van der Waals surface area contributed by atoms with Crippen LogP contribution >= 0.6 is 0 Å². The molecule has 1 fully saturated rings. The number of ether oxygens (including phenoxy) is 1. The summed E-state index contributed by atoms with van der Waals surface area (Å²) in [5.41, 5.74) is 1.92. The van der Waals surface area contributed by atoms with Crippen molar-refractivity contribution < 1.29 is 9.53 Å². The maximum absolute atomic E-state index is 12.9. The summed E-state index contributed by atoms with van der Waals surface area (Å²) >= 11 is 0. The normalized spacial score (nSPS) is 18.8. The first-order valence-electron chi connectivity index (χ1n) is 9.04. The Balaban J connectivity index is 1.45. The number of carbonyl (C=O) groups excluding carboxylic acids is 1. The fourth-order valence-electron chi connectivity index (χ4n) is 3.42. The van der Waals surface area contributed by atoms with Crippen molar-refractivity contribution in [1.82, 2.24) is 10.3 Å². The van der Waals surface area contributed by atoms with Crippen LogP contribution in [0.1, 0.15) is 11.5 Å². The molecule has 4 rings (SSSR count). The maximum atomic E-state index is 12.9. The molecule has 2 unspecified atom stereocenters. The Labute approximate surface area is 158 Å². The third-order valence-electron chi connectivity index (χ3n) is 4.77. The highest BCUT2D eigenvalue weighted by molar-refractivity contribution is 5.93. The van der Waals surface area contributed by atoms with Crippen LogP contribution in [-0.4, -0.2) is 24.0 Å². The van der Waals surface area contributed by atoms with Gasteiger partial charge in [0.05, 0.1) is 5.92 Å². The molecule has 0 radical (unpaired) electrons. The Kier molecular flexibility index (Phi) is 5.12. The molecule has 1 aliphatic rings. The predicted molar refractivity (Wildman–Crippen MR) is 105 cm³/mol. The SMILES string of the molecule is O=C(Nc1cccc(Oc2ccncc2)c1)C1CNCC1c1ccccc1. The van der Waals surface area contributed by atoms with Crippen molar-refractivity contribution >= 4 is 11.6 Å². The van der Waals surface area contributed by atoms with E-state index in [9.17, 15) is 4.79 Å². The summed E-state index contributed by atoms with van der Waals surface area (Å²) in [4.78, 5) is 16.8. The Morgan fingerprint density at radius 2 is 1.78 bits per heavy atom. The van der Waals surface area contributed by atoms with Crippen LogP contribution in [-0.2, 0) is 4.79 Å². The van der Waals surface area contributed by atoms with Gasteiger partial charge in [-0.15, -0.1) is 0 Å². The fourth-order valence-corrected chi connectivity index (χ4v) is 3.42. The van der Waals surface area contributed by atoms with Crippen LogP contribution < -0.4 is 15.4 Å².